The number of benzene rings is 2. The number of aromatic nitrogens is 2. The molecule has 6 heteroatoms. The lowest BCUT2D eigenvalue weighted by Crippen LogP contribution is -2.48. The lowest BCUT2D eigenvalue weighted by molar-refractivity contribution is 0.0598. The van der Waals surface area contributed by atoms with Crippen molar-refractivity contribution >= 4 is 16.9 Å². The summed E-state index contributed by atoms with van der Waals surface area (Å²) in [6.45, 7) is 4.73. The van der Waals surface area contributed by atoms with Crippen molar-refractivity contribution in [3.05, 3.63) is 65.2 Å². The molecule has 0 atom stereocenters. The largest absolute Gasteiger partial charge is 0.339 e. The van der Waals surface area contributed by atoms with E-state index in [2.05, 4.69) is 9.88 Å². The third-order valence-corrected chi connectivity index (χ3v) is 7.65. The maximum absolute atomic E-state index is 13.7. The first kappa shape index (κ1) is 22.1. The first-order valence-corrected chi connectivity index (χ1v) is 12.2. The molecule has 174 valence electrons. The molecular formula is C27H33FN4O. The van der Waals surface area contributed by atoms with E-state index in [0.717, 1.165) is 60.0 Å². The highest BCUT2D eigenvalue weighted by Gasteiger charge is 2.30. The van der Waals surface area contributed by atoms with Crippen LogP contribution < -0.4 is 0 Å². The Balaban J connectivity index is 1.23. The Kier molecular flexibility index (Phi) is 6.19. The molecule has 1 aliphatic heterocycles. The van der Waals surface area contributed by atoms with Gasteiger partial charge in [0.15, 0.2) is 0 Å². The fourth-order valence-electron chi connectivity index (χ4n) is 5.63. The van der Waals surface area contributed by atoms with Crippen LogP contribution in [0, 0.1) is 12.7 Å². The monoisotopic (exact) mass is 448 g/mol. The standard InChI is InChI=1S/C27H33FN4O/c1-19-29-25-12-11-22(28)17-26(25)32(19)18-20-7-9-21(10-8-20)27(33)30(2)23-13-15-31(16-14-23)24-5-3-4-6-24/h7-12,17,23-24H,3-6,13-16,18H2,1-2H3. The van der Waals surface area contributed by atoms with Crippen LogP contribution in [0.15, 0.2) is 42.5 Å². The second-order valence-electron chi connectivity index (χ2n) is 9.70. The molecule has 1 saturated carbocycles. The van der Waals surface area contributed by atoms with Crippen molar-refractivity contribution in [3.8, 4) is 0 Å². The van der Waals surface area contributed by atoms with E-state index < -0.39 is 0 Å². The molecular weight excluding hydrogens is 415 g/mol. The number of hydrogen-bond acceptors (Lipinski definition) is 3. The van der Waals surface area contributed by atoms with Crippen LogP contribution in [0.3, 0.4) is 0 Å². The quantitative estimate of drug-likeness (QED) is 0.551. The van der Waals surface area contributed by atoms with Crippen molar-refractivity contribution < 1.29 is 9.18 Å². The van der Waals surface area contributed by atoms with Gasteiger partial charge in [-0.3, -0.25) is 4.79 Å². The number of carbonyl (C=O) groups is 1. The smallest absolute Gasteiger partial charge is 0.253 e. The van der Waals surface area contributed by atoms with Gasteiger partial charge in [0, 0.05) is 44.3 Å². The zero-order chi connectivity index (χ0) is 22.9. The SMILES string of the molecule is Cc1nc2ccc(F)cc2n1Cc1ccc(C(=O)N(C)C2CCN(C3CCCC3)CC2)cc1. The molecule has 33 heavy (non-hydrogen) atoms. The molecule has 0 spiro atoms. The maximum atomic E-state index is 13.7. The van der Waals surface area contributed by atoms with Crippen LogP contribution in [0.5, 0.6) is 0 Å². The fourth-order valence-corrected chi connectivity index (χ4v) is 5.63. The Bertz CT molecular complexity index is 1120. The third-order valence-electron chi connectivity index (χ3n) is 7.65. The Labute approximate surface area is 195 Å². The number of hydrogen-bond donors (Lipinski definition) is 0. The fraction of sp³-hybridized carbons (Fsp3) is 0.481. The normalized spacial score (nSPS) is 18.3. The van der Waals surface area contributed by atoms with Gasteiger partial charge in [0.1, 0.15) is 11.6 Å². The van der Waals surface area contributed by atoms with E-state index in [1.54, 1.807) is 6.07 Å². The number of piperidine rings is 1. The van der Waals surface area contributed by atoms with Gasteiger partial charge in [-0.2, -0.15) is 0 Å². The van der Waals surface area contributed by atoms with Gasteiger partial charge in [-0.05, 0) is 68.5 Å². The molecule has 3 aromatic rings. The van der Waals surface area contributed by atoms with E-state index in [4.69, 9.17) is 0 Å². The van der Waals surface area contributed by atoms with E-state index in [1.807, 2.05) is 47.7 Å². The zero-order valence-electron chi connectivity index (χ0n) is 19.6. The maximum Gasteiger partial charge on any atom is 0.253 e. The second-order valence-corrected chi connectivity index (χ2v) is 9.70. The molecule has 2 fully saturated rings. The van der Waals surface area contributed by atoms with E-state index in [-0.39, 0.29) is 11.7 Å². The minimum Gasteiger partial charge on any atom is -0.339 e. The summed E-state index contributed by atoms with van der Waals surface area (Å²) in [4.78, 5) is 22.3. The third kappa shape index (κ3) is 4.54. The van der Waals surface area contributed by atoms with Crippen LogP contribution in [-0.4, -0.2) is 57.5 Å². The van der Waals surface area contributed by atoms with E-state index in [9.17, 15) is 9.18 Å². The molecule has 2 heterocycles. The average Bonchev–Trinajstić information content (AvgIpc) is 3.48. The number of aryl methyl sites for hydroxylation is 1. The number of rotatable bonds is 5. The van der Waals surface area contributed by atoms with Crippen molar-refractivity contribution in [2.45, 2.75) is 64.1 Å². The molecule has 1 saturated heterocycles. The highest BCUT2D eigenvalue weighted by Crippen LogP contribution is 2.27. The summed E-state index contributed by atoms with van der Waals surface area (Å²) in [6, 6.07) is 13.6. The lowest BCUT2D eigenvalue weighted by Gasteiger charge is -2.39. The molecule has 0 N–H and O–H groups in total. The van der Waals surface area contributed by atoms with E-state index in [1.165, 1.54) is 37.8 Å². The average molecular weight is 449 g/mol. The van der Waals surface area contributed by atoms with Crippen LogP contribution >= 0.6 is 0 Å². The molecule has 0 radical (unpaired) electrons. The van der Waals surface area contributed by atoms with Crippen molar-refractivity contribution in [1.29, 1.82) is 0 Å². The number of halogens is 1. The van der Waals surface area contributed by atoms with Gasteiger partial charge >= 0.3 is 0 Å². The van der Waals surface area contributed by atoms with Crippen LogP contribution in [-0.2, 0) is 6.54 Å². The molecule has 2 aromatic carbocycles. The molecule has 5 nitrogen and oxygen atoms in total. The summed E-state index contributed by atoms with van der Waals surface area (Å²) in [5, 5.41) is 0. The summed E-state index contributed by atoms with van der Waals surface area (Å²) in [5.74, 6) is 0.674. The van der Waals surface area contributed by atoms with Gasteiger partial charge < -0.3 is 14.4 Å². The summed E-state index contributed by atoms with van der Waals surface area (Å²) in [5.41, 5.74) is 3.36. The first-order valence-electron chi connectivity index (χ1n) is 12.2. The number of carbonyl (C=O) groups excluding carboxylic acids is 1. The highest BCUT2D eigenvalue weighted by molar-refractivity contribution is 5.94. The van der Waals surface area contributed by atoms with Crippen molar-refractivity contribution in [2.75, 3.05) is 20.1 Å². The van der Waals surface area contributed by atoms with Gasteiger partial charge in [-0.15, -0.1) is 0 Å². The van der Waals surface area contributed by atoms with Crippen molar-refractivity contribution in [1.82, 2.24) is 19.4 Å². The lowest BCUT2D eigenvalue weighted by atomic mass is 10.00. The molecule has 0 unspecified atom stereocenters. The Morgan fingerprint density at radius 2 is 1.76 bits per heavy atom. The summed E-state index contributed by atoms with van der Waals surface area (Å²) in [7, 11) is 1.95. The summed E-state index contributed by atoms with van der Waals surface area (Å²) < 4.78 is 15.8. The molecule has 1 amide bonds. The molecule has 1 aromatic heterocycles. The van der Waals surface area contributed by atoms with Gasteiger partial charge in [0.25, 0.3) is 5.91 Å². The Morgan fingerprint density at radius 3 is 2.45 bits per heavy atom. The summed E-state index contributed by atoms with van der Waals surface area (Å²) >= 11 is 0. The molecule has 1 aliphatic carbocycles. The number of amides is 1. The molecule has 0 bridgehead atoms. The Morgan fingerprint density at radius 1 is 1.06 bits per heavy atom. The highest BCUT2D eigenvalue weighted by atomic mass is 19.1. The van der Waals surface area contributed by atoms with Crippen LogP contribution in [0.2, 0.25) is 0 Å². The number of imidazole rings is 1. The van der Waals surface area contributed by atoms with E-state index >= 15 is 0 Å². The minimum absolute atomic E-state index is 0.0900. The number of nitrogens with zero attached hydrogens (tertiary/aromatic N) is 4. The Hall–Kier alpha value is -2.73. The molecule has 2 aliphatic rings. The van der Waals surface area contributed by atoms with Crippen LogP contribution in [0.1, 0.15) is 60.3 Å². The first-order chi connectivity index (χ1) is 16.0. The topological polar surface area (TPSA) is 41.4 Å². The van der Waals surface area contributed by atoms with Crippen molar-refractivity contribution in [2.24, 2.45) is 0 Å². The second kappa shape index (κ2) is 9.26. The zero-order valence-corrected chi connectivity index (χ0v) is 19.6. The molecule has 5 rings (SSSR count). The summed E-state index contributed by atoms with van der Waals surface area (Å²) in [6.07, 6.45) is 7.53. The van der Waals surface area contributed by atoms with Gasteiger partial charge in [0.05, 0.1) is 11.0 Å². The van der Waals surface area contributed by atoms with Crippen LogP contribution in [0.4, 0.5) is 4.39 Å². The van der Waals surface area contributed by atoms with Gasteiger partial charge in [0.2, 0.25) is 0 Å². The minimum atomic E-state index is -0.262. The van der Waals surface area contributed by atoms with Gasteiger partial charge in [-0.25, -0.2) is 9.37 Å². The predicted octanol–water partition coefficient (Wildman–Crippen LogP) is 5.01. The van der Waals surface area contributed by atoms with E-state index in [0.29, 0.717) is 12.6 Å². The van der Waals surface area contributed by atoms with Crippen LogP contribution in [0.25, 0.3) is 11.0 Å². The van der Waals surface area contributed by atoms with Gasteiger partial charge in [-0.1, -0.05) is 25.0 Å². The number of fused-ring (bicyclic) bond motifs is 1. The van der Waals surface area contributed by atoms with Crippen molar-refractivity contribution in [3.63, 3.8) is 0 Å². The predicted molar refractivity (Wildman–Crippen MR) is 129 cm³/mol. The number of likely N-dealkylation sites (tertiary alicyclic amines) is 1.